The molecule has 6 heteroatoms. The summed E-state index contributed by atoms with van der Waals surface area (Å²) >= 11 is 0. The lowest BCUT2D eigenvalue weighted by Crippen LogP contribution is -2.64. The lowest BCUT2D eigenvalue weighted by atomic mass is 9.86. The fourth-order valence-electron chi connectivity index (χ4n) is 3.72. The number of halogens is 1. The monoisotopic (exact) mass is 301 g/mol. The van der Waals surface area contributed by atoms with Crippen molar-refractivity contribution in [2.75, 3.05) is 19.6 Å². The van der Waals surface area contributed by atoms with Gasteiger partial charge in [0.25, 0.3) is 0 Å². The molecule has 0 aromatic carbocycles. The average molecular weight is 302 g/mol. The Hall–Kier alpha value is -0.810. The van der Waals surface area contributed by atoms with Crippen molar-refractivity contribution in [1.29, 1.82) is 0 Å². The molecule has 2 atom stereocenters. The Balaban J connectivity index is 0.00000147. The lowest BCUT2D eigenvalue weighted by molar-refractivity contribution is -0.148. The third kappa shape index (κ3) is 3.09. The fourth-order valence-corrected chi connectivity index (χ4v) is 3.72. The molecule has 0 aromatic rings. The first kappa shape index (κ1) is 15.6. The molecule has 3 fully saturated rings. The van der Waals surface area contributed by atoms with E-state index in [-0.39, 0.29) is 48.8 Å². The molecule has 0 bridgehead atoms. The summed E-state index contributed by atoms with van der Waals surface area (Å²) < 4.78 is 0. The summed E-state index contributed by atoms with van der Waals surface area (Å²) in [5, 5.41) is 6.35. The van der Waals surface area contributed by atoms with Crippen molar-refractivity contribution in [3.63, 3.8) is 0 Å². The quantitative estimate of drug-likeness (QED) is 0.749. The summed E-state index contributed by atoms with van der Waals surface area (Å²) in [4.78, 5) is 26.4. The van der Waals surface area contributed by atoms with Crippen molar-refractivity contribution < 1.29 is 9.59 Å². The molecule has 1 saturated carbocycles. The summed E-state index contributed by atoms with van der Waals surface area (Å²) in [7, 11) is 0. The van der Waals surface area contributed by atoms with E-state index in [4.69, 9.17) is 0 Å². The van der Waals surface area contributed by atoms with Crippen molar-refractivity contribution in [1.82, 2.24) is 15.5 Å². The van der Waals surface area contributed by atoms with Crippen molar-refractivity contribution in [3.8, 4) is 0 Å². The molecule has 0 radical (unpaired) electrons. The number of hydrogen-bond acceptors (Lipinski definition) is 3. The zero-order chi connectivity index (χ0) is 13.2. The Morgan fingerprint density at radius 2 is 1.80 bits per heavy atom. The van der Waals surface area contributed by atoms with Crippen LogP contribution in [0.25, 0.3) is 0 Å². The first-order valence-corrected chi connectivity index (χ1v) is 7.56. The van der Waals surface area contributed by atoms with Crippen molar-refractivity contribution in [3.05, 3.63) is 0 Å². The predicted octanol–water partition coefficient (Wildman–Crippen LogP) is 0.677. The number of amides is 2. The van der Waals surface area contributed by atoms with Crippen molar-refractivity contribution in [2.24, 2.45) is 5.92 Å². The summed E-state index contributed by atoms with van der Waals surface area (Å²) in [6, 6.07) is 0.439. The zero-order valence-electron chi connectivity index (χ0n) is 11.8. The predicted molar refractivity (Wildman–Crippen MR) is 78.7 cm³/mol. The van der Waals surface area contributed by atoms with Gasteiger partial charge in [-0.2, -0.15) is 0 Å². The zero-order valence-corrected chi connectivity index (χ0v) is 12.6. The highest BCUT2D eigenvalue weighted by Crippen LogP contribution is 2.28. The van der Waals surface area contributed by atoms with Gasteiger partial charge in [-0.1, -0.05) is 12.8 Å². The van der Waals surface area contributed by atoms with Gasteiger partial charge in [0.15, 0.2) is 0 Å². The average Bonchev–Trinajstić information content (AvgIpc) is 2.46. The first-order chi connectivity index (χ1) is 9.25. The van der Waals surface area contributed by atoms with Crippen LogP contribution in [-0.4, -0.2) is 48.4 Å². The Morgan fingerprint density at radius 3 is 2.55 bits per heavy atom. The van der Waals surface area contributed by atoms with Gasteiger partial charge in [-0.05, 0) is 38.8 Å². The molecule has 0 spiro atoms. The molecule has 1 aliphatic carbocycles. The Morgan fingerprint density at radius 1 is 1.10 bits per heavy atom. The van der Waals surface area contributed by atoms with E-state index < -0.39 is 0 Å². The van der Waals surface area contributed by atoms with E-state index in [1.54, 1.807) is 0 Å². The summed E-state index contributed by atoms with van der Waals surface area (Å²) in [5.74, 6) is 0.355. The fraction of sp³-hybridized carbons (Fsp3) is 0.857. The van der Waals surface area contributed by atoms with E-state index in [0.717, 1.165) is 45.2 Å². The van der Waals surface area contributed by atoms with Crippen LogP contribution < -0.4 is 10.6 Å². The summed E-state index contributed by atoms with van der Waals surface area (Å²) in [6.45, 7) is 2.11. The van der Waals surface area contributed by atoms with E-state index in [1.165, 1.54) is 6.42 Å². The van der Waals surface area contributed by atoms with Crippen LogP contribution in [0.15, 0.2) is 0 Å². The highest BCUT2D eigenvalue weighted by Gasteiger charge is 2.40. The third-order valence-corrected chi connectivity index (χ3v) is 4.76. The van der Waals surface area contributed by atoms with Crippen LogP contribution in [0.1, 0.15) is 38.5 Å². The van der Waals surface area contributed by atoms with Crippen LogP contribution >= 0.6 is 12.4 Å². The highest BCUT2D eigenvalue weighted by molar-refractivity contribution is 5.87. The molecule has 3 aliphatic rings. The first-order valence-electron chi connectivity index (χ1n) is 7.56. The molecule has 2 N–H and O–H groups in total. The molecule has 2 aliphatic heterocycles. The molecule has 20 heavy (non-hydrogen) atoms. The minimum atomic E-state index is 0. The van der Waals surface area contributed by atoms with Crippen LogP contribution in [-0.2, 0) is 9.59 Å². The second-order valence-corrected chi connectivity index (χ2v) is 6.02. The second kappa shape index (κ2) is 6.76. The van der Waals surface area contributed by atoms with Gasteiger partial charge in [-0.25, -0.2) is 0 Å². The Bertz CT molecular complexity index is 371. The Labute approximate surface area is 126 Å². The van der Waals surface area contributed by atoms with Gasteiger partial charge in [-0.3, -0.25) is 9.59 Å². The normalized spacial score (nSPS) is 31.0. The number of piperazine rings is 1. The van der Waals surface area contributed by atoms with Crippen LogP contribution in [0.3, 0.4) is 0 Å². The largest absolute Gasteiger partial charge is 0.350 e. The van der Waals surface area contributed by atoms with Crippen molar-refractivity contribution >= 4 is 24.2 Å². The van der Waals surface area contributed by atoms with E-state index in [1.807, 2.05) is 4.90 Å². The van der Waals surface area contributed by atoms with Gasteiger partial charge in [0.05, 0.1) is 12.6 Å². The molecule has 3 rings (SSSR count). The Kier molecular flexibility index (Phi) is 5.27. The van der Waals surface area contributed by atoms with Crippen molar-refractivity contribution in [2.45, 2.75) is 50.6 Å². The molecule has 2 heterocycles. The van der Waals surface area contributed by atoms with E-state index in [9.17, 15) is 9.59 Å². The smallest absolute Gasteiger partial charge is 0.239 e. The maximum absolute atomic E-state index is 12.7. The number of carbonyl (C=O) groups is 2. The van der Waals surface area contributed by atoms with E-state index >= 15 is 0 Å². The van der Waals surface area contributed by atoms with Gasteiger partial charge < -0.3 is 15.5 Å². The van der Waals surface area contributed by atoms with Gasteiger partial charge in [0.2, 0.25) is 11.8 Å². The maximum atomic E-state index is 12.7. The molecule has 114 valence electrons. The summed E-state index contributed by atoms with van der Waals surface area (Å²) in [6.07, 6.45) is 6.22. The van der Waals surface area contributed by atoms with E-state index in [2.05, 4.69) is 10.6 Å². The number of carbonyl (C=O) groups excluding carboxylic acids is 2. The molecular formula is C14H24ClN3O2. The minimum absolute atomic E-state index is 0. The second-order valence-electron chi connectivity index (χ2n) is 6.02. The number of rotatable bonds is 1. The molecule has 2 amide bonds. The molecule has 0 aromatic heterocycles. The van der Waals surface area contributed by atoms with Gasteiger partial charge >= 0.3 is 0 Å². The third-order valence-electron chi connectivity index (χ3n) is 4.76. The SMILES string of the molecule is Cl.O=C1CN(C(=O)C2CCNCC2)C2CCCCC2N1. The number of nitrogens with zero attached hydrogens (tertiary/aromatic N) is 1. The highest BCUT2D eigenvalue weighted by atomic mass is 35.5. The lowest BCUT2D eigenvalue weighted by Gasteiger charge is -2.45. The molecule has 2 saturated heterocycles. The van der Waals surface area contributed by atoms with Crippen LogP contribution in [0, 0.1) is 5.92 Å². The van der Waals surface area contributed by atoms with E-state index in [0.29, 0.717) is 0 Å². The standard InChI is InChI=1S/C14H23N3O2.ClH/c18-13-9-17(12-4-2-1-3-11(12)16-13)14(19)10-5-7-15-8-6-10;/h10-12,15H,1-9H2,(H,16,18);1H. The van der Waals surface area contributed by atoms with Crippen LogP contribution in [0.5, 0.6) is 0 Å². The van der Waals surface area contributed by atoms with Gasteiger partial charge in [-0.15, -0.1) is 12.4 Å². The number of fused-ring (bicyclic) bond motifs is 1. The van der Waals surface area contributed by atoms with Gasteiger partial charge in [0, 0.05) is 12.0 Å². The summed E-state index contributed by atoms with van der Waals surface area (Å²) in [5.41, 5.74) is 0. The molecular weight excluding hydrogens is 278 g/mol. The topological polar surface area (TPSA) is 61.4 Å². The number of hydrogen-bond donors (Lipinski definition) is 2. The van der Waals surface area contributed by atoms with Crippen LogP contribution in [0.2, 0.25) is 0 Å². The number of nitrogens with one attached hydrogen (secondary N) is 2. The number of piperidine rings is 1. The molecule has 2 unspecified atom stereocenters. The maximum Gasteiger partial charge on any atom is 0.239 e. The van der Waals surface area contributed by atoms with Crippen LogP contribution in [0.4, 0.5) is 0 Å². The molecule has 5 nitrogen and oxygen atoms in total. The minimum Gasteiger partial charge on any atom is -0.350 e. The van der Waals surface area contributed by atoms with Gasteiger partial charge in [0.1, 0.15) is 0 Å².